The third-order valence-corrected chi connectivity index (χ3v) is 3.05. The Bertz CT molecular complexity index is 470. The summed E-state index contributed by atoms with van der Waals surface area (Å²) in [6, 6.07) is 9.16. The van der Waals surface area contributed by atoms with Gasteiger partial charge in [0.05, 0.1) is 11.8 Å². The summed E-state index contributed by atoms with van der Waals surface area (Å²) in [5.74, 6) is 0.545. The van der Waals surface area contributed by atoms with Crippen LogP contribution in [0.15, 0.2) is 42.7 Å². The first-order chi connectivity index (χ1) is 8.72. The third-order valence-electron chi connectivity index (χ3n) is 2.79. The molecule has 2 N–H and O–H groups in total. The molecule has 0 aliphatic rings. The maximum Gasteiger partial charge on any atom is 0.105 e. The molecule has 0 saturated heterocycles. The van der Waals surface area contributed by atoms with Gasteiger partial charge in [-0.05, 0) is 35.9 Å². The van der Waals surface area contributed by atoms with Crippen molar-refractivity contribution in [2.24, 2.45) is 0 Å². The highest BCUT2D eigenvalue weighted by atomic mass is 32.1. The van der Waals surface area contributed by atoms with E-state index in [1.807, 2.05) is 24.4 Å². The van der Waals surface area contributed by atoms with Crippen LogP contribution in [-0.4, -0.2) is 31.9 Å². The van der Waals surface area contributed by atoms with Gasteiger partial charge in [0.1, 0.15) is 6.10 Å². The highest BCUT2D eigenvalue weighted by molar-refractivity contribution is 7.80. The van der Waals surface area contributed by atoms with Gasteiger partial charge in [-0.2, -0.15) is 17.7 Å². The molecule has 2 rings (SSSR count). The molecule has 1 aromatic heterocycles. The summed E-state index contributed by atoms with van der Waals surface area (Å²) in [7, 11) is 0. The second-order valence-corrected chi connectivity index (χ2v) is 4.51. The molecule has 1 aromatic carbocycles. The van der Waals surface area contributed by atoms with E-state index in [2.05, 4.69) is 17.7 Å². The molecule has 0 saturated carbocycles. The minimum absolute atomic E-state index is 0.463. The van der Waals surface area contributed by atoms with Crippen LogP contribution in [-0.2, 0) is 0 Å². The van der Waals surface area contributed by atoms with Crippen molar-refractivity contribution in [3.05, 3.63) is 48.3 Å². The zero-order chi connectivity index (χ0) is 13.0. The van der Waals surface area contributed by atoms with Gasteiger partial charge in [0.15, 0.2) is 0 Å². The molecule has 2 unspecified atom stereocenters. The van der Waals surface area contributed by atoms with Crippen molar-refractivity contribution in [1.82, 2.24) is 9.78 Å². The summed E-state index contributed by atoms with van der Waals surface area (Å²) in [6.07, 6.45) is 2.37. The van der Waals surface area contributed by atoms with E-state index in [0.717, 1.165) is 5.69 Å². The number of nitrogens with zero attached hydrogens (tertiary/aromatic N) is 2. The van der Waals surface area contributed by atoms with E-state index in [1.165, 1.54) is 0 Å². The first kappa shape index (κ1) is 13.1. The van der Waals surface area contributed by atoms with Gasteiger partial charge in [-0.25, -0.2) is 4.68 Å². The lowest BCUT2D eigenvalue weighted by atomic mass is 10.0. The Morgan fingerprint density at radius 3 is 2.50 bits per heavy atom. The van der Waals surface area contributed by atoms with Crippen LogP contribution >= 0.6 is 12.6 Å². The topological polar surface area (TPSA) is 58.3 Å². The molecule has 18 heavy (non-hydrogen) atoms. The van der Waals surface area contributed by atoms with Crippen molar-refractivity contribution in [3.63, 3.8) is 0 Å². The summed E-state index contributed by atoms with van der Waals surface area (Å²) < 4.78 is 1.74. The van der Waals surface area contributed by atoms with Gasteiger partial charge >= 0.3 is 0 Å². The van der Waals surface area contributed by atoms with Gasteiger partial charge in [-0.3, -0.25) is 0 Å². The number of thiol groups is 1. The Morgan fingerprint density at radius 1 is 1.22 bits per heavy atom. The molecule has 0 radical (unpaired) electrons. The first-order valence-electron chi connectivity index (χ1n) is 5.79. The molecule has 0 aliphatic carbocycles. The third kappa shape index (κ3) is 2.93. The largest absolute Gasteiger partial charge is 0.390 e. The molecule has 4 nitrogen and oxygen atoms in total. The van der Waals surface area contributed by atoms with Gasteiger partial charge in [-0.1, -0.05) is 12.1 Å². The second kappa shape index (κ2) is 6.04. The monoisotopic (exact) mass is 264 g/mol. The molecular formula is C13H16N2O2S. The normalized spacial score (nSPS) is 14.4. The first-order valence-corrected chi connectivity index (χ1v) is 6.42. The van der Waals surface area contributed by atoms with E-state index in [-0.39, 0.29) is 0 Å². The summed E-state index contributed by atoms with van der Waals surface area (Å²) in [5.41, 5.74) is 1.61. The van der Waals surface area contributed by atoms with E-state index < -0.39 is 12.2 Å². The van der Waals surface area contributed by atoms with Gasteiger partial charge < -0.3 is 10.2 Å². The minimum Gasteiger partial charge on any atom is -0.390 e. The second-order valence-electron chi connectivity index (χ2n) is 4.07. The van der Waals surface area contributed by atoms with Crippen molar-refractivity contribution in [2.75, 3.05) is 5.75 Å². The Labute approximate surface area is 111 Å². The van der Waals surface area contributed by atoms with Gasteiger partial charge in [0, 0.05) is 12.4 Å². The number of aromatic nitrogens is 2. The molecule has 0 bridgehead atoms. The van der Waals surface area contributed by atoms with Crippen molar-refractivity contribution in [3.8, 4) is 5.69 Å². The number of aliphatic hydroxyl groups is 2. The average molecular weight is 264 g/mol. The number of aliphatic hydroxyl groups excluding tert-OH is 2. The predicted molar refractivity (Wildman–Crippen MR) is 73.0 cm³/mol. The van der Waals surface area contributed by atoms with Crippen LogP contribution < -0.4 is 0 Å². The van der Waals surface area contributed by atoms with Gasteiger partial charge in [-0.15, -0.1) is 0 Å². The summed E-state index contributed by atoms with van der Waals surface area (Å²) in [4.78, 5) is 0. The summed E-state index contributed by atoms with van der Waals surface area (Å²) in [6.45, 7) is 0. The van der Waals surface area contributed by atoms with Crippen LogP contribution in [0, 0.1) is 0 Å². The quantitative estimate of drug-likeness (QED) is 0.719. The zero-order valence-corrected chi connectivity index (χ0v) is 10.7. The molecule has 5 heteroatoms. The van der Waals surface area contributed by atoms with Crippen LogP contribution in [0.25, 0.3) is 5.69 Å². The highest BCUT2D eigenvalue weighted by Crippen LogP contribution is 2.20. The van der Waals surface area contributed by atoms with Crippen molar-refractivity contribution < 1.29 is 10.2 Å². The maximum atomic E-state index is 9.94. The van der Waals surface area contributed by atoms with Crippen LogP contribution in [0.4, 0.5) is 0 Å². The lowest BCUT2D eigenvalue weighted by Crippen LogP contribution is -2.18. The summed E-state index contributed by atoms with van der Waals surface area (Å²) >= 11 is 4.04. The zero-order valence-electron chi connectivity index (χ0n) is 9.85. The Morgan fingerprint density at radius 2 is 1.94 bits per heavy atom. The fraction of sp³-hybridized carbons (Fsp3) is 0.308. The van der Waals surface area contributed by atoms with E-state index >= 15 is 0 Å². The van der Waals surface area contributed by atoms with Crippen molar-refractivity contribution in [2.45, 2.75) is 18.6 Å². The van der Waals surface area contributed by atoms with E-state index in [0.29, 0.717) is 17.7 Å². The summed E-state index contributed by atoms with van der Waals surface area (Å²) in [5, 5.41) is 23.8. The minimum atomic E-state index is -0.871. The average Bonchev–Trinajstić information content (AvgIpc) is 2.92. The standard InChI is InChI=1S/C13H16N2O2S/c16-12(6-9-18)13(17)10-2-4-11(5-3-10)15-8-1-7-14-15/h1-5,7-8,12-13,16-18H,6,9H2. The van der Waals surface area contributed by atoms with Crippen molar-refractivity contribution >= 4 is 12.6 Å². The van der Waals surface area contributed by atoms with Crippen LogP contribution in [0.1, 0.15) is 18.1 Å². The maximum absolute atomic E-state index is 9.94. The van der Waals surface area contributed by atoms with Gasteiger partial charge in [0.25, 0.3) is 0 Å². The number of benzene rings is 1. The smallest absolute Gasteiger partial charge is 0.105 e. The molecule has 1 heterocycles. The Kier molecular flexibility index (Phi) is 4.41. The Hall–Kier alpha value is -1.30. The molecule has 0 amide bonds. The molecule has 0 fully saturated rings. The fourth-order valence-electron chi connectivity index (χ4n) is 1.76. The van der Waals surface area contributed by atoms with E-state index in [9.17, 15) is 10.2 Å². The lowest BCUT2D eigenvalue weighted by Gasteiger charge is -2.17. The van der Waals surface area contributed by atoms with Gasteiger partial charge in [0.2, 0.25) is 0 Å². The highest BCUT2D eigenvalue weighted by Gasteiger charge is 2.17. The van der Waals surface area contributed by atoms with Crippen LogP contribution in [0.2, 0.25) is 0 Å². The molecule has 0 aliphatic heterocycles. The number of hydrogen-bond donors (Lipinski definition) is 3. The molecule has 0 spiro atoms. The van der Waals surface area contributed by atoms with Crippen molar-refractivity contribution in [1.29, 1.82) is 0 Å². The molecular weight excluding hydrogens is 248 g/mol. The predicted octanol–water partition coefficient (Wildman–Crippen LogP) is 1.59. The molecule has 2 atom stereocenters. The number of hydrogen-bond acceptors (Lipinski definition) is 4. The van der Waals surface area contributed by atoms with E-state index in [4.69, 9.17) is 0 Å². The number of rotatable bonds is 5. The van der Waals surface area contributed by atoms with E-state index in [1.54, 1.807) is 23.0 Å². The SMILES string of the molecule is OC(CCS)C(O)c1ccc(-n2cccn2)cc1. The van der Waals surface area contributed by atoms with Crippen LogP contribution in [0.3, 0.4) is 0 Å². The molecule has 2 aromatic rings. The van der Waals surface area contributed by atoms with Crippen LogP contribution in [0.5, 0.6) is 0 Å². The fourth-order valence-corrected chi connectivity index (χ4v) is 2.02. The Balaban J connectivity index is 2.12. The molecule has 96 valence electrons. The lowest BCUT2D eigenvalue weighted by molar-refractivity contribution is 0.0172.